The monoisotopic (exact) mass is 257 g/mol. The molecule has 1 aromatic carbocycles. The van der Waals surface area contributed by atoms with Crippen molar-refractivity contribution in [3.63, 3.8) is 0 Å². The van der Waals surface area contributed by atoms with Crippen LogP contribution in [-0.4, -0.2) is 38.7 Å². The number of hydrogen-bond donors (Lipinski definition) is 0. The molecule has 0 heterocycles. The Balaban J connectivity index is 2.52. The van der Waals surface area contributed by atoms with E-state index in [9.17, 15) is 8.42 Å². The van der Waals surface area contributed by atoms with Gasteiger partial charge < -0.3 is 9.08 Å². The molecule has 0 aliphatic carbocycles. The smallest absolute Gasteiger partial charge is 0.310 e. The van der Waals surface area contributed by atoms with Gasteiger partial charge in [0.05, 0.1) is 5.75 Å². The lowest BCUT2D eigenvalue weighted by Gasteiger charge is -2.17. The molecule has 4 nitrogen and oxygen atoms in total. The second-order valence-electron chi connectivity index (χ2n) is 3.69. The van der Waals surface area contributed by atoms with Crippen LogP contribution in [0.25, 0.3) is 0 Å². The van der Waals surface area contributed by atoms with E-state index in [1.54, 1.807) is 24.3 Å². The van der Waals surface area contributed by atoms with Gasteiger partial charge in [-0.2, -0.15) is 8.42 Å². The highest BCUT2D eigenvalue weighted by molar-refractivity contribution is 7.87. The van der Waals surface area contributed by atoms with Crippen LogP contribution in [-0.2, 0) is 10.1 Å². The fourth-order valence-electron chi connectivity index (χ4n) is 1.45. The van der Waals surface area contributed by atoms with Crippen molar-refractivity contribution >= 4 is 10.1 Å². The number of hydrogen-bond acceptors (Lipinski definition) is 4. The summed E-state index contributed by atoms with van der Waals surface area (Å²) >= 11 is 0. The molecule has 0 fully saturated rings. The summed E-state index contributed by atoms with van der Waals surface area (Å²) in [4.78, 5) is 2.05. The average molecular weight is 257 g/mol. The van der Waals surface area contributed by atoms with Crippen LogP contribution in [0.15, 0.2) is 30.3 Å². The zero-order valence-corrected chi connectivity index (χ0v) is 11.1. The van der Waals surface area contributed by atoms with Crippen molar-refractivity contribution in [2.45, 2.75) is 13.8 Å². The molecule has 0 radical (unpaired) electrons. The summed E-state index contributed by atoms with van der Waals surface area (Å²) in [5.74, 6) is 0.385. The van der Waals surface area contributed by atoms with Crippen molar-refractivity contribution in [2.75, 3.05) is 25.4 Å². The van der Waals surface area contributed by atoms with E-state index in [-0.39, 0.29) is 5.75 Å². The summed E-state index contributed by atoms with van der Waals surface area (Å²) in [5, 5.41) is 0. The zero-order valence-electron chi connectivity index (χ0n) is 10.3. The van der Waals surface area contributed by atoms with Crippen LogP contribution < -0.4 is 4.18 Å². The Kier molecular flexibility index (Phi) is 5.44. The first-order valence-corrected chi connectivity index (χ1v) is 7.34. The summed E-state index contributed by atoms with van der Waals surface area (Å²) in [6.45, 7) is 6.21. The first kappa shape index (κ1) is 14.0. The van der Waals surface area contributed by atoms with E-state index in [2.05, 4.69) is 0 Å². The summed E-state index contributed by atoms with van der Waals surface area (Å²) in [5.41, 5.74) is 0. The highest BCUT2D eigenvalue weighted by atomic mass is 32.2. The number of benzene rings is 1. The summed E-state index contributed by atoms with van der Waals surface area (Å²) < 4.78 is 28.4. The first-order chi connectivity index (χ1) is 8.07. The van der Waals surface area contributed by atoms with Crippen molar-refractivity contribution in [1.29, 1.82) is 0 Å². The Morgan fingerprint density at radius 3 is 2.24 bits per heavy atom. The number of nitrogens with zero attached hydrogens (tertiary/aromatic N) is 1. The Morgan fingerprint density at radius 1 is 1.12 bits per heavy atom. The number of para-hydroxylation sites is 1. The van der Waals surface area contributed by atoms with E-state index < -0.39 is 10.1 Å². The molecular formula is C12H19NO3S. The molecule has 0 saturated carbocycles. The molecule has 0 unspecified atom stereocenters. The summed E-state index contributed by atoms with van der Waals surface area (Å²) in [7, 11) is -3.49. The second kappa shape index (κ2) is 6.61. The standard InChI is InChI=1S/C12H19NO3S/c1-3-13(4-2)10-11-17(14,15)16-12-8-6-5-7-9-12/h5-9H,3-4,10-11H2,1-2H3. The third kappa shape index (κ3) is 5.19. The Hall–Kier alpha value is -1.07. The molecule has 0 aliphatic heterocycles. The van der Waals surface area contributed by atoms with Crippen molar-refractivity contribution in [1.82, 2.24) is 4.90 Å². The van der Waals surface area contributed by atoms with E-state index in [0.717, 1.165) is 13.1 Å². The van der Waals surface area contributed by atoms with E-state index in [4.69, 9.17) is 4.18 Å². The molecule has 17 heavy (non-hydrogen) atoms. The van der Waals surface area contributed by atoms with Crippen molar-refractivity contribution in [3.8, 4) is 5.75 Å². The molecular weight excluding hydrogens is 238 g/mol. The Morgan fingerprint density at radius 2 is 1.71 bits per heavy atom. The lowest BCUT2D eigenvalue weighted by atomic mass is 10.3. The Bertz CT molecular complexity index is 413. The minimum atomic E-state index is -3.49. The van der Waals surface area contributed by atoms with Crippen molar-refractivity contribution in [2.24, 2.45) is 0 Å². The van der Waals surface area contributed by atoms with Gasteiger partial charge in [-0.25, -0.2) is 0 Å². The van der Waals surface area contributed by atoms with Gasteiger partial charge in [0.15, 0.2) is 0 Å². The van der Waals surface area contributed by atoms with E-state index in [1.807, 2.05) is 24.8 Å². The van der Waals surface area contributed by atoms with Gasteiger partial charge in [-0.1, -0.05) is 32.0 Å². The topological polar surface area (TPSA) is 46.6 Å². The van der Waals surface area contributed by atoms with Crippen molar-refractivity contribution < 1.29 is 12.6 Å². The van der Waals surface area contributed by atoms with Gasteiger partial charge in [-0.15, -0.1) is 0 Å². The normalized spacial score (nSPS) is 11.7. The molecule has 0 amide bonds. The van der Waals surface area contributed by atoms with Crippen LogP contribution in [0.1, 0.15) is 13.8 Å². The van der Waals surface area contributed by atoms with Gasteiger partial charge in [0, 0.05) is 6.54 Å². The van der Waals surface area contributed by atoms with Crippen molar-refractivity contribution in [3.05, 3.63) is 30.3 Å². The zero-order chi connectivity index (χ0) is 12.7. The molecule has 0 saturated heterocycles. The first-order valence-electron chi connectivity index (χ1n) is 5.77. The molecule has 5 heteroatoms. The van der Waals surface area contributed by atoms with Crippen LogP contribution >= 0.6 is 0 Å². The SMILES string of the molecule is CCN(CC)CCS(=O)(=O)Oc1ccccc1. The maximum Gasteiger partial charge on any atom is 0.310 e. The van der Waals surface area contributed by atoms with Crippen LogP contribution in [0.2, 0.25) is 0 Å². The third-order valence-electron chi connectivity index (χ3n) is 2.52. The lowest BCUT2D eigenvalue weighted by Crippen LogP contribution is -2.30. The summed E-state index contributed by atoms with van der Waals surface area (Å²) in [6, 6.07) is 8.57. The largest absolute Gasteiger partial charge is 0.382 e. The fraction of sp³-hybridized carbons (Fsp3) is 0.500. The predicted molar refractivity (Wildman–Crippen MR) is 68.6 cm³/mol. The molecule has 96 valence electrons. The van der Waals surface area contributed by atoms with Gasteiger partial charge in [-0.3, -0.25) is 0 Å². The van der Waals surface area contributed by atoms with E-state index in [1.165, 1.54) is 0 Å². The molecule has 0 spiro atoms. The lowest BCUT2D eigenvalue weighted by molar-refractivity contribution is 0.319. The quantitative estimate of drug-likeness (QED) is 0.698. The maximum absolute atomic E-state index is 11.7. The van der Waals surface area contributed by atoms with Crippen LogP contribution in [0.4, 0.5) is 0 Å². The molecule has 0 aliphatic rings. The highest BCUT2D eigenvalue weighted by Crippen LogP contribution is 2.11. The van der Waals surface area contributed by atoms with Gasteiger partial charge in [0.25, 0.3) is 0 Å². The molecule has 1 aromatic rings. The minimum Gasteiger partial charge on any atom is -0.382 e. The molecule has 0 atom stereocenters. The number of rotatable bonds is 7. The average Bonchev–Trinajstić information content (AvgIpc) is 2.31. The van der Waals surface area contributed by atoms with Crippen LogP contribution in [0.3, 0.4) is 0 Å². The fourth-order valence-corrected chi connectivity index (χ4v) is 2.41. The predicted octanol–water partition coefficient (Wildman–Crippen LogP) is 1.74. The third-order valence-corrected chi connectivity index (χ3v) is 3.65. The minimum absolute atomic E-state index is 0.0174. The molecule has 0 N–H and O–H groups in total. The van der Waals surface area contributed by atoms with Gasteiger partial charge in [-0.05, 0) is 25.2 Å². The van der Waals surface area contributed by atoms with Gasteiger partial charge >= 0.3 is 10.1 Å². The van der Waals surface area contributed by atoms with Crippen LogP contribution in [0.5, 0.6) is 5.75 Å². The highest BCUT2D eigenvalue weighted by Gasteiger charge is 2.14. The van der Waals surface area contributed by atoms with Gasteiger partial charge in [0.1, 0.15) is 5.75 Å². The van der Waals surface area contributed by atoms with E-state index >= 15 is 0 Å². The molecule has 0 aromatic heterocycles. The van der Waals surface area contributed by atoms with E-state index in [0.29, 0.717) is 12.3 Å². The maximum atomic E-state index is 11.7. The summed E-state index contributed by atoms with van der Waals surface area (Å²) in [6.07, 6.45) is 0. The Labute approximate surface area is 103 Å². The van der Waals surface area contributed by atoms with Gasteiger partial charge in [0.2, 0.25) is 0 Å². The molecule has 0 bridgehead atoms. The molecule has 1 rings (SSSR count). The van der Waals surface area contributed by atoms with Crippen LogP contribution in [0, 0.1) is 0 Å². The second-order valence-corrected chi connectivity index (χ2v) is 5.38.